The molecule has 0 aliphatic carbocycles. The lowest BCUT2D eigenvalue weighted by Crippen LogP contribution is -2.41. The second-order valence-corrected chi connectivity index (χ2v) is 11.5. The molecule has 1 aromatic heterocycles. The maximum absolute atomic E-state index is 13.8. The van der Waals surface area contributed by atoms with Crippen molar-refractivity contribution in [3.63, 3.8) is 0 Å². The molecule has 3 heterocycles. The molecule has 0 spiro atoms. The van der Waals surface area contributed by atoms with Gasteiger partial charge >= 0.3 is 19.4 Å². The molecule has 1 aromatic rings. The number of amides is 1. The van der Waals surface area contributed by atoms with Crippen LogP contribution in [0.1, 0.15) is 73.3 Å². The number of alkyl halides is 3. The lowest BCUT2D eigenvalue weighted by Gasteiger charge is -2.33. The first kappa shape index (κ1) is 28.6. The summed E-state index contributed by atoms with van der Waals surface area (Å²) in [6.45, 7) is 14.4. The van der Waals surface area contributed by atoms with Gasteiger partial charge in [-0.25, -0.2) is 9.78 Å². The molecule has 7 nitrogen and oxygen atoms in total. The molecule has 2 saturated heterocycles. The Bertz CT molecular complexity index is 912. The van der Waals surface area contributed by atoms with Crippen LogP contribution in [0.25, 0.3) is 0 Å². The Hall–Kier alpha value is -2.01. The number of halogens is 3. The van der Waals surface area contributed by atoms with E-state index < -0.39 is 35.9 Å². The van der Waals surface area contributed by atoms with E-state index in [1.54, 1.807) is 4.90 Å². The number of likely N-dealkylation sites (tertiary alicyclic amines) is 1. The molecule has 0 saturated carbocycles. The van der Waals surface area contributed by atoms with Crippen molar-refractivity contribution in [2.45, 2.75) is 91.2 Å². The van der Waals surface area contributed by atoms with Crippen LogP contribution in [0.4, 0.5) is 18.0 Å². The van der Waals surface area contributed by atoms with E-state index in [9.17, 15) is 18.0 Å². The van der Waals surface area contributed by atoms with Gasteiger partial charge in [-0.1, -0.05) is 13.8 Å². The number of aromatic nitrogens is 1. The van der Waals surface area contributed by atoms with Crippen LogP contribution in [-0.4, -0.2) is 60.1 Å². The molecule has 0 N–H and O–H groups in total. The van der Waals surface area contributed by atoms with E-state index in [0.29, 0.717) is 19.5 Å². The quantitative estimate of drug-likeness (QED) is 0.495. The summed E-state index contributed by atoms with van der Waals surface area (Å²) in [5.41, 5.74) is -1.92. The van der Waals surface area contributed by atoms with Crippen molar-refractivity contribution < 1.29 is 36.7 Å². The summed E-state index contributed by atoms with van der Waals surface area (Å²) in [5.74, 6) is -0.0680. The first-order valence-electron chi connectivity index (χ1n) is 12.6. The number of hydrogen-bond donors (Lipinski definition) is 0. The lowest BCUT2D eigenvalue weighted by molar-refractivity contribution is -0.139. The number of ether oxygens (including phenoxy) is 2. The molecule has 0 radical (unpaired) electrons. The number of nitrogens with zero attached hydrogens (tertiary/aromatic N) is 2. The highest BCUT2D eigenvalue weighted by molar-refractivity contribution is 6.61. The molecule has 1 unspecified atom stereocenters. The van der Waals surface area contributed by atoms with E-state index in [2.05, 4.69) is 4.98 Å². The number of carbonyl (C=O) groups excluding carboxylic acids is 1. The molecule has 11 heteroatoms. The van der Waals surface area contributed by atoms with Gasteiger partial charge in [-0.05, 0) is 71.8 Å². The summed E-state index contributed by atoms with van der Waals surface area (Å²) in [6, 6.07) is 1.01. The summed E-state index contributed by atoms with van der Waals surface area (Å²) in [5, 5.41) is 0. The van der Waals surface area contributed by atoms with Gasteiger partial charge < -0.3 is 23.7 Å². The second-order valence-electron chi connectivity index (χ2n) is 11.5. The summed E-state index contributed by atoms with van der Waals surface area (Å²) >= 11 is 0. The highest BCUT2D eigenvalue weighted by Crippen LogP contribution is 2.36. The molecule has 202 valence electrons. The number of carbonyl (C=O) groups is 1. The SMILES string of the molecule is CC(C)C1OB(c2cnc(OCCC3CCN(C(=O)OC(C)(C)C)CC3)c(C(F)(F)F)c2)OC1(C)C. The topological polar surface area (TPSA) is 70.1 Å². The Balaban J connectivity index is 1.58. The highest BCUT2D eigenvalue weighted by Gasteiger charge is 2.48. The van der Waals surface area contributed by atoms with Crippen LogP contribution < -0.4 is 10.2 Å². The Morgan fingerprint density at radius 2 is 1.89 bits per heavy atom. The van der Waals surface area contributed by atoms with E-state index >= 15 is 0 Å². The Morgan fingerprint density at radius 1 is 1.25 bits per heavy atom. The third kappa shape index (κ3) is 7.28. The Labute approximate surface area is 212 Å². The molecule has 0 bridgehead atoms. The third-order valence-corrected chi connectivity index (χ3v) is 6.45. The van der Waals surface area contributed by atoms with E-state index in [1.807, 2.05) is 48.5 Å². The smallest absolute Gasteiger partial charge is 0.477 e. The van der Waals surface area contributed by atoms with Gasteiger partial charge in [0.15, 0.2) is 0 Å². The third-order valence-electron chi connectivity index (χ3n) is 6.45. The lowest BCUT2D eigenvalue weighted by atomic mass is 9.79. The van der Waals surface area contributed by atoms with E-state index in [-0.39, 0.29) is 36.1 Å². The number of pyridine rings is 1. The van der Waals surface area contributed by atoms with Crippen LogP contribution in [0.2, 0.25) is 0 Å². The average molecular weight is 514 g/mol. The zero-order chi connectivity index (χ0) is 26.9. The van der Waals surface area contributed by atoms with Crippen LogP contribution in [0.15, 0.2) is 12.3 Å². The van der Waals surface area contributed by atoms with Crippen molar-refractivity contribution in [2.75, 3.05) is 19.7 Å². The van der Waals surface area contributed by atoms with Crippen LogP contribution in [-0.2, 0) is 20.2 Å². The normalized spacial score (nSPS) is 21.2. The van der Waals surface area contributed by atoms with Gasteiger partial charge in [-0.3, -0.25) is 0 Å². The number of rotatable bonds is 6. The Kier molecular flexibility index (Phi) is 8.55. The van der Waals surface area contributed by atoms with E-state index in [4.69, 9.17) is 18.8 Å². The zero-order valence-corrected chi connectivity index (χ0v) is 22.3. The fourth-order valence-electron chi connectivity index (χ4n) is 4.74. The summed E-state index contributed by atoms with van der Waals surface area (Å²) < 4.78 is 64.3. The van der Waals surface area contributed by atoms with Gasteiger partial charge in [0, 0.05) is 24.7 Å². The van der Waals surface area contributed by atoms with Gasteiger partial charge in [0.2, 0.25) is 5.88 Å². The average Bonchev–Trinajstić information content (AvgIpc) is 3.08. The molecule has 2 aliphatic heterocycles. The van der Waals surface area contributed by atoms with Crippen molar-refractivity contribution in [3.05, 3.63) is 17.8 Å². The highest BCUT2D eigenvalue weighted by atomic mass is 19.4. The minimum absolute atomic E-state index is 0.103. The molecule has 0 aromatic carbocycles. The minimum Gasteiger partial charge on any atom is -0.477 e. The zero-order valence-electron chi connectivity index (χ0n) is 22.3. The minimum atomic E-state index is -4.64. The molecule has 1 atom stereocenters. The fourth-order valence-corrected chi connectivity index (χ4v) is 4.74. The second kappa shape index (κ2) is 10.8. The monoisotopic (exact) mass is 514 g/mol. The van der Waals surface area contributed by atoms with Crippen LogP contribution in [0.5, 0.6) is 5.88 Å². The fraction of sp³-hybridized carbons (Fsp3) is 0.760. The van der Waals surface area contributed by atoms with Crippen molar-refractivity contribution in [1.82, 2.24) is 9.88 Å². The van der Waals surface area contributed by atoms with Crippen molar-refractivity contribution in [2.24, 2.45) is 11.8 Å². The van der Waals surface area contributed by atoms with Crippen molar-refractivity contribution in [3.8, 4) is 5.88 Å². The molecular formula is C25H38BF3N2O5. The summed E-state index contributed by atoms with van der Waals surface area (Å²) in [7, 11) is -0.926. The van der Waals surface area contributed by atoms with Gasteiger partial charge in [0.05, 0.1) is 18.3 Å². The molecular weight excluding hydrogens is 476 g/mol. The molecule has 2 fully saturated rings. The maximum Gasteiger partial charge on any atom is 0.496 e. The van der Waals surface area contributed by atoms with Crippen molar-refractivity contribution >= 4 is 18.7 Å². The van der Waals surface area contributed by atoms with Crippen LogP contribution in [0, 0.1) is 11.8 Å². The first-order valence-corrected chi connectivity index (χ1v) is 12.6. The molecule has 2 aliphatic rings. The molecule has 3 rings (SSSR count). The predicted molar refractivity (Wildman–Crippen MR) is 130 cm³/mol. The largest absolute Gasteiger partial charge is 0.496 e. The van der Waals surface area contributed by atoms with Gasteiger partial charge in [-0.15, -0.1) is 0 Å². The van der Waals surface area contributed by atoms with Gasteiger partial charge in [-0.2, -0.15) is 13.2 Å². The Morgan fingerprint density at radius 3 is 2.42 bits per heavy atom. The van der Waals surface area contributed by atoms with Gasteiger partial charge in [0.1, 0.15) is 11.2 Å². The van der Waals surface area contributed by atoms with Crippen molar-refractivity contribution in [1.29, 1.82) is 0 Å². The number of piperidine rings is 1. The maximum atomic E-state index is 13.8. The first-order chi connectivity index (χ1) is 16.6. The standard InChI is InChI=1S/C25H38BF3N2O5/c1-16(2)20-24(6,7)36-26(35-20)18-14-19(25(27,28)29)21(30-15-18)33-13-10-17-8-11-31(12-9-17)22(32)34-23(3,4)5/h14-17,20H,8-13H2,1-7H3. The summed E-state index contributed by atoms with van der Waals surface area (Å²) in [4.78, 5) is 17.9. The van der Waals surface area contributed by atoms with Gasteiger partial charge in [0.25, 0.3) is 0 Å². The van der Waals surface area contributed by atoms with Crippen LogP contribution in [0.3, 0.4) is 0 Å². The molecule has 36 heavy (non-hydrogen) atoms. The van der Waals surface area contributed by atoms with E-state index in [0.717, 1.165) is 18.9 Å². The van der Waals surface area contributed by atoms with Crippen LogP contribution >= 0.6 is 0 Å². The van der Waals surface area contributed by atoms with E-state index in [1.165, 1.54) is 6.20 Å². The number of hydrogen-bond acceptors (Lipinski definition) is 6. The summed E-state index contributed by atoms with van der Waals surface area (Å²) in [6.07, 6.45) is -1.85. The predicted octanol–water partition coefficient (Wildman–Crippen LogP) is 5.06. The molecule has 1 amide bonds.